The van der Waals surface area contributed by atoms with E-state index in [9.17, 15) is 0 Å². The number of nitrogens with one attached hydrogen (secondary N) is 1. The Morgan fingerprint density at radius 3 is 1.81 bits per heavy atom. The quantitative estimate of drug-likeness (QED) is 0.686. The molecule has 0 saturated heterocycles. The second-order valence-corrected chi connectivity index (χ2v) is 5.52. The van der Waals surface area contributed by atoms with Gasteiger partial charge in [0.15, 0.2) is 0 Å². The van der Waals surface area contributed by atoms with Gasteiger partial charge in [-0.15, -0.1) is 0 Å². The molecule has 1 atom stereocenters. The van der Waals surface area contributed by atoms with Crippen LogP contribution >= 0.6 is 0 Å². The largest absolute Gasteiger partial charge is 0.315 e. The monoisotopic (exact) mass is 228 g/mol. The smallest absolute Gasteiger partial charge is 0.0351 e. The molecule has 16 heavy (non-hydrogen) atoms. The maximum Gasteiger partial charge on any atom is 0.0351 e. The maximum atomic E-state index is 3.54. The van der Waals surface area contributed by atoms with Crippen LogP contribution in [0.5, 0.6) is 0 Å². The highest BCUT2D eigenvalue weighted by Crippen LogP contribution is 2.29. The maximum absolute atomic E-state index is 3.54. The van der Waals surface area contributed by atoms with Crippen LogP contribution in [0.2, 0.25) is 0 Å². The second-order valence-electron chi connectivity index (χ2n) is 5.52. The summed E-state index contributed by atoms with van der Waals surface area (Å²) in [5.74, 6) is 0.796. The summed E-state index contributed by atoms with van der Waals surface area (Å²) in [5, 5.41) is 3.54. The van der Waals surface area contributed by atoms with Gasteiger partial charge in [0.1, 0.15) is 0 Å². The van der Waals surface area contributed by atoms with Gasteiger partial charge < -0.3 is 10.2 Å². The van der Waals surface area contributed by atoms with Crippen LogP contribution in [-0.2, 0) is 0 Å². The van der Waals surface area contributed by atoms with Crippen molar-refractivity contribution in [2.75, 3.05) is 21.1 Å². The van der Waals surface area contributed by atoms with E-state index in [1.54, 1.807) is 0 Å². The summed E-state index contributed by atoms with van der Waals surface area (Å²) in [7, 11) is 6.54. The minimum absolute atomic E-state index is 0.309. The Hall–Kier alpha value is -0.0800. The Balaban J connectivity index is 4.70. The lowest BCUT2D eigenvalue weighted by Crippen LogP contribution is -2.57. The van der Waals surface area contributed by atoms with E-state index in [0.717, 1.165) is 5.92 Å². The van der Waals surface area contributed by atoms with Crippen molar-refractivity contribution in [3.63, 3.8) is 0 Å². The van der Waals surface area contributed by atoms with Crippen LogP contribution in [0.4, 0.5) is 0 Å². The fourth-order valence-corrected chi connectivity index (χ4v) is 2.87. The van der Waals surface area contributed by atoms with Gasteiger partial charge in [-0.25, -0.2) is 0 Å². The summed E-state index contributed by atoms with van der Waals surface area (Å²) < 4.78 is 0. The molecular weight excluding hydrogens is 196 g/mol. The van der Waals surface area contributed by atoms with Crippen LogP contribution in [0.3, 0.4) is 0 Å². The van der Waals surface area contributed by atoms with E-state index in [1.807, 2.05) is 0 Å². The standard InChI is InChI=1S/C14H32N2/c1-8-14(9-2,16(6)7)13(15-5)11-10-12(3)4/h12-13,15H,8-11H2,1-7H3. The zero-order valence-corrected chi connectivity index (χ0v) is 12.4. The lowest BCUT2D eigenvalue weighted by Gasteiger charge is -2.45. The van der Waals surface area contributed by atoms with Gasteiger partial charge in [-0.2, -0.15) is 0 Å². The fraction of sp³-hybridized carbons (Fsp3) is 1.00. The molecule has 1 unspecified atom stereocenters. The van der Waals surface area contributed by atoms with E-state index in [1.165, 1.54) is 25.7 Å². The van der Waals surface area contributed by atoms with Gasteiger partial charge in [-0.05, 0) is 52.7 Å². The molecule has 2 nitrogen and oxygen atoms in total. The molecule has 0 rings (SSSR count). The molecule has 0 heterocycles. The number of rotatable bonds is 8. The Labute approximate surface area is 103 Å². The normalized spacial score (nSPS) is 14.8. The molecule has 0 aromatic carbocycles. The van der Waals surface area contributed by atoms with Crippen LogP contribution < -0.4 is 5.32 Å². The van der Waals surface area contributed by atoms with E-state index >= 15 is 0 Å². The summed E-state index contributed by atoms with van der Waals surface area (Å²) in [6.07, 6.45) is 5.00. The summed E-state index contributed by atoms with van der Waals surface area (Å²) in [5.41, 5.74) is 0.309. The predicted molar refractivity (Wildman–Crippen MR) is 73.9 cm³/mol. The molecule has 0 saturated carbocycles. The lowest BCUT2D eigenvalue weighted by molar-refractivity contribution is 0.0851. The SMILES string of the molecule is CCC(CC)(C(CCC(C)C)NC)N(C)C. The zero-order chi connectivity index (χ0) is 12.8. The summed E-state index contributed by atoms with van der Waals surface area (Å²) >= 11 is 0. The van der Waals surface area contributed by atoms with E-state index in [-0.39, 0.29) is 0 Å². The van der Waals surface area contributed by atoms with Crippen molar-refractivity contribution in [1.82, 2.24) is 10.2 Å². The molecule has 0 spiro atoms. The topological polar surface area (TPSA) is 15.3 Å². The van der Waals surface area contributed by atoms with Crippen molar-refractivity contribution in [1.29, 1.82) is 0 Å². The van der Waals surface area contributed by atoms with Gasteiger partial charge in [0, 0.05) is 11.6 Å². The Bertz CT molecular complexity index is 172. The van der Waals surface area contributed by atoms with Crippen LogP contribution in [0.25, 0.3) is 0 Å². The molecule has 0 radical (unpaired) electrons. The summed E-state index contributed by atoms with van der Waals surface area (Å²) in [6, 6.07) is 0.597. The van der Waals surface area contributed by atoms with Crippen molar-refractivity contribution in [3.05, 3.63) is 0 Å². The first-order chi connectivity index (χ1) is 7.44. The molecule has 0 amide bonds. The molecule has 1 N–H and O–H groups in total. The van der Waals surface area contributed by atoms with Gasteiger partial charge in [0.2, 0.25) is 0 Å². The average Bonchev–Trinajstić information content (AvgIpc) is 2.23. The molecule has 98 valence electrons. The summed E-state index contributed by atoms with van der Waals surface area (Å²) in [6.45, 7) is 9.23. The summed E-state index contributed by atoms with van der Waals surface area (Å²) in [4.78, 5) is 2.41. The first kappa shape index (κ1) is 15.9. The van der Waals surface area contributed by atoms with Crippen molar-refractivity contribution in [2.45, 2.75) is 65.0 Å². The fourth-order valence-electron chi connectivity index (χ4n) is 2.87. The van der Waals surface area contributed by atoms with Crippen LogP contribution in [0, 0.1) is 5.92 Å². The van der Waals surface area contributed by atoms with Crippen LogP contribution in [0.15, 0.2) is 0 Å². The third-order valence-corrected chi connectivity index (χ3v) is 4.14. The highest BCUT2D eigenvalue weighted by atomic mass is 15.2. The number of likely N-dealkylation sites (N-methyl/N-ethyl adjacent to an activating group) is 2. The Morgan fingerprint density at radius 2 is 1.56 bits per heavy atom. The predicted octanol–water partition coefficient (Wildman–Crippen LogP) is 3.13. The number of nitrogens with zero attached hydrogens (tertiary/aromatic N) is 1. The van der Waals surface area contributed by atoms with Gasteiger partial charge in [0.05, 0.1) is 0 Å². The van der Waals surface area contributed by atoms with Crippen molar-refractivity contribution in [3.8, 4) is 0 Å². The number of hydrogen-bond acceptors (Lipinski definition) is 2. The molecule has 0 fully saturated rings. The first-order valence-electron chi connectivity index (χ1n) is 6.79. The van der Waals surface area contributed by atoms with E-state index in [2.05, 4.69) is 59.1 Å². The molecule has 0 aliphatic heterocycles. The highest BCUT2D eigenvalue weighted by molar-refractivity contribution is 4.96. The third kappa shape index (κ3) is 3.74. The van der Waals surface area contributed by atoms with Crippen molar-refractivity contribution in [2.24, 2.45) is 5.92 Å². The van der Waals surface area contributed by atoms with Gasteiger partial charge in [-0.3, -0.25) is 0 Å². The minimum Gasteiger partial charge on any atom is -0.315 e. The Morgan fingerprint density at radius 1 is 1.06 bits per heavy atom. The lowest BCUT2D eigenvalue weighted by atomic mass is 9.80. The molecule has 0 bridgehead atoms. The molecule has 2 heteroatoms. The third-order valence-electron chi connectivity index (χ3n) is 4.14. The van der Waals surface area contributed by atoms with Gasteiger partial charge >= 0.3 is 0 Å². The minimum atomic E-state index is 0.309. The van der Waals surface area contributed by atoms with E-state index in [4.69, 9.17) is 0 Å². The average molecular weight is 228 g/mol. The van der Waals surface area contributed by atoms with Gasteiger partial charge in [-0.1, -0.05) is 27.7 Å². The Kier molecular flexibility index (Phi) is 7.25. The van der Waals surface area contributed by atoms with Crippen molar-refractivity contribution >= 4 is 0 Å². The second kappa shape index (κ2) is 7.29. The van der Waals surface area contributed by atoms with Crippen LogP contribution in [-0.4, -0.2) is 37.6 Å². The number of hydrogen-bond donors (Lipinski definition) is 1. The molecule has 0 aromatic heterocycles. The van der Waals surface area contributed by atoms with E-state index < -0.39 is 0 Å². The molecular formula is C14H32N2. The zero-order valence-electron chi connectivity index (χ0n) is 12.4. The first-order valence-corrected chi connectivity index (χ1v) is 6.79. The molecule has 0 aliphatic rings. The van der Waals surface area contributed by atoms with E-state index in [0.29, 0.717) is 11.6 Å². The van der Waals surface area contributed by atoms with Crippen molar-refractivity contribution < 1.29 is 0 Å². The molecule has 0 aliphatic carbocycles. The van der Waals surface area contributed by atoms with Gasteiger partial charge in [0.25, 0.3) is 0 Å². The molecule has 0 aromatic rings. The van der Waals surface area contributed by atoms with Crippen LogP contribution in [0.1, 0.15) is 53.4 Å². The highest BCUT2D eigenvalue weighted by Gasteiger charge is 2.36.